The molecule has 1 rings (SSSR count). The van der Waals surface area contributed by atoms with Crippen molar-refractivity contribution in [3.8, 4) is 0 Å². The highest BCUT2D eigenvalue weighted by Crippen LogP contribution is 2.20. The predicted octanol–water partition coefficient (Wildman–Crippen LogP) is 0.613. The van der Waals surface area contributed by atoms with Gasteiger partial charge in [0.2, 0.25) is 0 Å². The summed E-state index contributed by atoms with van der Waals surface area (Å²) in [5.74, 6) is 1.15. The van der Waals surface area contributed by atoms with Crippen LogP contribution in [0.3, 0.4) is 0 Å². The Labute approximate surface area is 62.6 Å². The molecule has 0 radical (unpaired) electrons. The van der Waals surface area contributed by atoms with Crippen LogP contribution in [0.5, 0.6) is 0 Å². The van der Waals surface area contributed by atoms with Crippen LogP contribution in [0.2, 0.25) is 0 Å². The van der Waals surface area contributed by atoms with Crippen molar-refractivity contribution in [3.63, 3.8) is 0 Å². The Kier molecular flexibility index (Phi) is 2.69. The molecule has 2 unspecified atom stereocenters. The van der Waals surface area contributed by atoms with E-state index in [9.17, 15) is 0 Å². The summed E-state index contributed by atoms with van der Waals surface area (Å²) >= 11 is 0. The Bertz CT molecular complexity index is 103. The van der Waals surface area contributed by atoms with E-state index in [4.69, 9.17) is 5.11 Å². The molecule has 0 aromatic rings. The molecule has 1 aliphatic rings. The molecule has 1 fully saturated rings. The minimum Gasteiger partial charge on any atom is -0.396 e. The van der Waals surface area contributed by atoms with Gasteiger partial charge in [0, 0.05) is 12.6 Å². The Hall–Kier alpha value is -0.0800. The fourth-order valence-electron chi connectivity index (χ4n) is 1.77. The molecule has 0 aliphatic carbocycles. The molecule has 0 bridgehead atoms. The molecule has 2 atom stereocenters. The van der Waals surface area contributed by atoms with Crippen LogP contribution in [0.4, 0.5) is 0 Å². The van der Waals surface area contributed by atoms with Gasteiger partial charge in [-0.05, 0) is 24.8 Å². The minimum absolute atomic E-state index is 0.343. The van der Waals surface area contributed by atoms with E-state index in [1.807, 2.05) is 0 Å². The molecule has 10 heavy (non-hydrogen) atoms. The third kappa shape index (κ3) is 1.50. The van der Waals surface area contributed by atoms with Crippen molar-refractivity contribution in [1.29, 1.82) is 0 Å². The van der Waals surface area contributed by atoms with Crippen molar-refractivity contribution >= 4 is 0 Å². The summed E-state index contributed by atoms with van der Waals surface area (Å²) in [5.41, 5.74) is 0. The van der Waals surface area contributed by atoms with Crippen molar-refractivity contribution in [3.05, 3.63) is 0 Å². The molecular formula is C8H17NO. The second-order valence-corrected chi connectivity index (χ2v) is 3.46. The highest BCUT2D eigenvalue weighted by atomic mass is 16.3. The zero-order chi connectivity index (χ0) is 7.56. The van der Waals surface area contributed by atoms with Crippen LogP contribution in [-0.4, -0.2) is 24.3 Å². The lowest BCUT2D eigenvalue weighted by Crippen LogP contribution is -2.33. The van der Waals surface area contributed by atoms with Gasteiger partial charge < -0.3 is 10.4 Å². The third-order valence-electron chi connectivity index (χ3n) is 2.36. The second kappa shape index (κ2) is 3.35. The molecule has 2 heteroatoms. The quantitative estimate of drug-likeness (QED) is 0.593. The largest absolute Gasteiger partial charge is 0.396 e. The summed E-state index contributed by atoms with van der Waals surface area (Å²) in [6.45, 7) is 5.82. The predicted molar refractivity (Wildman–Crippen MR) is 41.8 cm³/mol. The van der Waals surface area contributed by atoms with Crippen molar-refractivity contribution in [2.24, 2.45) is 11.8 Å². The van der Waals surface area contributed by atoms with Gasteiger partial charge in [-0.2, -0.15) is 0 Å². The molecule has 1 aliphatic heterocycles. The highest BCUT2D eigenvalue weighted by Gasteiger charge is 2.27. The number of hydrogen-bond acceptors (Lipinski definition) is 2. The minimum atomic E-state index is 0.343. The van der Waals surface area contributed by atoms with Crippen LogP contribution in [-0.2, 0) is 0 Å². The lowest BCUT2D eigenvalue weighted by molar-refractivity contribution is 0.196. The smallest absolute Gasteiger partial charge is 0.0474 e. The van der Waals surface area contributed by atoms with Gasteiger partial charge in [0.15, 0.2) is 0 Å². The van der Waals surface area contributed by atoms with E-state index >= 15 is 0 Å². The first-order chi connectivity index (χ1) is 4.75. The average Bonchev–Trinajstić information content (AvgIpc) is 2.33. The average molecular weight is 143 g/mol. The van der Waals surface area contributed by atoms with Crippen LogP contribution >= 0.6 is 0 Å². The van der Waals surface area contributed by atoms with E-state index in [0.717, 1.165) is 13.0 Å². The topological polar surface area (TPSA) is 32.3 Å². The van der Waals surface area contributed by atoms with E-state index < -0.39 is 0 Å². The van der Waals surface area contributed by atoms with Gasteiger partial charge in [0.05, 0.1) is 0 Å². The number of nitrogens with one attached hydrogen (secondary N) is 1. The Morgan fingerprint density at radius 2 is 2.30 bits per heavy atom. The molecule has 0 aromatic heterocycles. The van der Waals surface area contributed by atoms with Gasteiger partial charge in [-0.3, -0.25) is 0 Å². The zero-order valence-electron chi connectivity index (χ0n) is 6.80. The molecule has 2 nitrogen and oxygen atoms in total. The van der Waals surface area contributed by atoms with E-state index in [-0.39, 0.29) is 0 Å². The van der Waals surface area contributed by atoms with Crippen LogP contribution in [0.25, 0.3) is 0 Å². The number of aliphatic hydroxyl groups excluding tert-OH is 1. The molecule has 0 spiro atoms. The Balaban J connectivity index is 2.42. The van der Waals surface area contributed by atoms with Crippen LogP contribution in [0.1, 0.15) is 20.3 Å². The maximum absolute atomic E-state index is 8.95. The van der Waals surface area contributed by atoms with Crippen LogP contribution < -0.4 is 5.32 Å². The maximum Gasteiger partial charge on any atom is 0.0474 e. The van der Waals surface area contributed by atoms with Gasteiger partial charge in [-0.1, -0.05) is 13.8 Å². The molecule has 60 valence electrons. The van der Waals surface area contributed by atoms with E-state index in [1.54, 1.807) is 0 Å². The first kappa shape index (κ1) is 8.02. The fourth-order valence-corrected chi connectivity index (χ4v) is 1.77. The first-order valence-electron chi connectivity index (χ1n) is 4.10. The van der Waals surface area contributed by atoms with E-state index in [1.165, 1.54) is 0 Å². The van der Waals surface area contributed by atoms with Gasteiger partial charge in [0.1, 0.15) is 0 Å². The zero-order valence-corrected chi connectivity index (χ0v) is 6.80. The first-order valence-corrected chi connectivity index (χ1v) is 4.10. The van der Waals surface area contributed by atoms with Crippen molar-refractivity contribution in [2.45, 2.75) is 26.3 Å². The standard InChI is InChI=1S/C8H17NO/c1-6(2)8-7(5-10)3-4-9-8/h6-10H,3-5H2,1-2H3. The molecule has 2 N–H and O–H groups in total. The van der Waals surface area contributed by atoms with E-state index in [2.05, 4.69) is 19.2 Å². The molecule has 1 heterocycles. The lowest BCUT2D eigenvalue weighted by Gasteiger charge is -2.20. The van der Waals surface area contributed by atoms with Gasteiger partial charge in [-0.15, -0.1) is 0 Å². The summed E-state index contributed by atoms with van der Waals surface area (Å²) in [6, 6.07) is 0.546. The summed E-state index contributed by atoms with van der Waals surface area (Å²) < 4.78 is 0. The Morgan fingerprint density at radius 3 is 2.70 bits per heavy atom. The van der Waals surface area contributed by atoms with Crippen molar-refractivity contribution in [2.75, 3.05) is 13.2 Å². The number of aliphatic hydroxyl groups is 1. The number of hydrogen-bond donors (Lipinski definition) is 2. The lowest BCUT2D eigenvalue weighted by atomic mass is 9.93. The normalized spacial score (nSPS) is 33.6. The molecule has 1 saturated heterocycles. The van der Waals surface area contributed by atoms with Crippen molar-refractivity contribution < 1.29 is 5.11 Å². The van der Waals surface area contributed by atoms with Gasteiger partial charge in [-0.25, -0.2) is 0 Å². The van der Waals surface area contributed by atoms with Crippen LogP contribution in [0.15, 0.2) is 0 Å². The highest BCUT2D eigenvalue weighted by molar-refractivity contribution is 4.84. The van der Waals surface area contributed by atoms with Crippen LogP contribution in [0, 0.1) is 11.8 Å². The fraction of sp³-hybridized carbons (Fsp3) is 1.00. The maximum atomic E-state index is 8.95. The Morgan fingerprint density at radius 1 is 1.60 bits per heavy atom. The van der Waals surface area contributed by atoms with E-state index in [0.29, 0.717) is 24.5 Å². The second-order valence-electron chi connectivity index (χ2n) is 3.46. The SMILES string of the molecule is CC(C)C1NCCC1CO. The van der Waals surface area contributed by atoms with Gasteiger partial charge in [0.25, 0.3) is 0 Å². The summed E-state index contributed by atoms with van der Waals surface area (Å²) in [4.78, 5) is 0. The summed E-state index contributed by atoms with van der Waals surface area (Å²) in [5, 5.41) is 12.3. The van der Waals surface area contributed by atoms with Crippen molar-refractivity contribution in [1.82, 2.24) is 5.32 Å². The summed E-state index contributed by atoms with van der Waals surface area (Å²) in [6.07, 6.45) is 1.14. The molecule has 0 saturated carbocycles. The molecule has 0 aromatic carbocycles. The number of rotatable bonds is 2. The third-order valence-corrected chi connectivity index (χ3v) is 2.36. The summed E-state index contributed by atoms with van der Waals surface area (Å²) in [7, 11) is 0. The molecular weight excluding hydrogens is 126 g/mol. The monoisotopic (exact) mass is 143 g/mol. The molecule has 0 amide bonds. The van der Waals surface area contributed by atoms with Gasteiger partial charge >= 0.3 is 0 Å².